The van der Waals surface area contributed by atoms with Gasteiger partial charge in [0.15, 0.2) is 0 Å². The van der Waals surface area contributed by atoms with Crippen LogP contribution < -0.4 is 10.2 Å². The first-order valence-corrected chi connectivity index (χ1v) is 8.16. The molecule has 0 aliphatic carbocycles. The van der Waals surface area contributed by atoms with E-state index in [1.807, 2.05) is 0 Å². The highest BCUT2D eigenvalue weighted by Crippen LogP contribution is 2.40. The zero-order valence-electron chi connectivity index (χ0n) is 14.9. The van der Waals surface area contributed by atoms with Crippen LogP contribution in [0, 0.1) is 10.1 Å². The molecule has 28 heavy (non-hydrogen) atoms. The van der Waals surface area contributed by atoms with Gasteiger partial charge >= 0.3 is 0 Å². The first kappa shape index (κ1) is 18.8. The summed E-state index contributed by atoms with van der Waals surface area (Å²) in [7, 11) is 0. The van der Waals surface area contributed by atoms with E-state index >= 15 is 0 Å². The maximum atomic E-state index is 12.7. The van der Waals surface area contributed by atoms with Gasteiger partial charge < -0.3 is 10.4 Å². The van der Waals surface area contributed by atoms with E-state index in [4.69, 9.17) is 0 Å². The van der Waals surface area contributed by atoms with E-state index in [-0.39, 0.29) is 16.8 Å². The van der Waals surface area contributed by atoms with E-state index in [2.05, 4.69) is 5.32 Å². The summed E-state index contributed by atoms with van der Waals surface area (Å²) >= 11 is 0. The Balaban J connectivity index is 2.19. The molecule has 0 saturated carbocycles. The van der Waals surface area contributed by atoms with Crippen molar-refractivity contribution in [2.45, 2.75) is 13.8 Å². The molecule has 0 atom stereocenters. The van der Waals surface area contributed by atoms with Crippen LogP contribution in [0.1, 0.15) is 25.0 Å². The molecular weight excluding hydrogens is 366 g/mol. The lowest BCUT2D eigenvalue weighted by Crippen LogP contribution is -2.31. The van der Waals surface area contributed by atoms with Gasteiger partial charge in [0.05, 0.1) is 16.2 Å². The fourth-order valence-electron chi connectivity index (χ4n) is 3.03. The number of benzene rings is 2. The average molecular weight is 381 g/mol. The molecule has 3 amide bonds. The molecule has 2 aromatic rings. The molecule has 0 unspecified atom stereocenters. The van der Waals surface area contributed by atoms with Crippen LogP contribution in [0.25, 0.3) is 11.3 Å². The second-order valence-corrected chi connectivity index (χ2v) is 6.07. The third kappa shape index (κ3) is 3.09. The summed E-state index contributed by atoms with van der Waals surface area (Å²) in [5.74, 6) is -2.24. The van der Waals surface area contributed by atoms with Crippen molar-refractivity contribution in [3.63, 3.8) is 0 Å². The molecule has 3 rings (SSSR count). The normalized spacial score (nSPS) is 14.5. The Bertz CT molecular complexity index is 1070. The number of nitrogens with zero attached hydrogens (tertiary/aromatic N) is 2. The van der Waals surface area contributed by atoms with E-state index in [1.54, 1.807) is 24.3 Å². The van der Waals surface area contributed by atoms with Gasteiger partial charge in [0.25, 0.3) is 11.6 Å². The number of nitro groups is 1. The molecule has 0 saturated heterocycles. The van der Waals surface area contributed by atoms with Crippen LogP contribution in [0.2, 0.25) is 0 Å². The van der Waals surface area contributed by atoms with E-state index in [0.717, 1.165) is 11.0 Å². The Kier molecular flexibility index (Phi) is 4.66. The highest BCUT2D eigenvalue weighted by atomic mass is 16.6. The van der Waals surface area contributed by atoms with Crippen molar-refractivity contribution in [3.8, 4) is 0 Å². The third-order valence-electron chi connectivity index (χ3n) is 4.16. The fraction of sp³-hybridized carbons (Fsp3) is 0.105. The number of hydrogen-bond donors (Lipinski definition) is 2. The number of hydrogen-bond acceptors (Lipinski definition) is 6. The van der Waals surface area contributed by atoms with Crippen molar-refractivity contribution >= 4 is 46.1 Å². The predicted octanol–water partition coefficient (Wildman–Crippen LogP) is 2.87. The molecule has 0 bridgehead atoms. The third-order valence-corrected chi connectivity index (χ3v) is 4.16. The molecule has 1 aliphatic rings. The lowest BCUT2D eigenvalue weighted by Gasteiger charge is -2.11. The summed E-state index contributed by atoms with van der Waals surface area (Å²) in [6.07, 6.45) is 0. The monoisotopic (exact) mass is 381 g/mol. The lowest BCUT2D eigenvalue weighted by molar-refractivity contribution is -0.384. The molecular formula is C19H15N3O6. The second kappa shape index (κ2) is 6.95. The highest BCUT2D eigenvalue weighted by Gasteiger charge is 2.37. The van der Waals surface area contributed by atoms with Crippen LogP contribution in [0.3, 0.4) is 0 Å². The molecule has 1 heterocycles. The molecule has 1 aliphatic heterocycles. The van der Waals surface area contributed by atoms with E-state index < -0.39 is 34.1 Å². The second-order valence-electron chi connectivity index (χ2n) is 6.07. The molecule has 2 aromatic carbocycles. The van der Waals surface area contributed by atoms with Crippen molar-refractivity contribution in [1.29, 1.82) is 0 Å². The van der Waals surface area contributed by atoms with E-state index in [9.17, 15) is 29.6 Å². The Hall–Kier alpha value is -4.01. The first-order chi connectivity index (χ1) is 13.2. The molecule has 0 aromatic heterocycles. The summed E-state index contributed by atoms with van der Waals surface area (Å²) in [5, 5.41) is 24.4. The number of carbonyl (C=O) groups is 3. The number of aliphatic hydroxyl groups excluding tert-OH is 1. The number of amides is 3. The predicted molar refractivity (Wildman–Crippen MR) is 101 cm³/mol. The topological polar surface area (TPSA) is 130 Å². The van der Waals surface area contributed by atoms with Crippen LogP contribution in [0.5, 0.6) is 0 Å². The van der Waals surface area contributed by atoms with Crippen molar-refractivity contribution in [2.24, 2.45) is 0 Å². The average Bonchev–Trinajstić information content (AvgIpc) is 2.92. The van der Waals surface area contributed by atoms with E-state index in [0.29, 0.717) is 11.3 Å². The number of carbonyl (C=O) groups excluding carboxylic acids is 3. The van der Waals surface area contributed by atoms with Crippen molar-refractivity contribution < 1.29 is 24.4 Å². The molecule has 0 spiro atoms. The first-order valence-electron chi connectivity index (χ1n) is 8.16. The quantitative estimate of drug-likeness (QED) is 0.364. The van der Waals surface area contributed by atoms with E-state index in [1.165, 1.54) is 26.0 Å². The number of rotatable bonds is 3. The van der Waals surface area contributed by atoms with Crippen LogP contribution in [0.4, 0.5) is 17.1 Å². The Morgan fingerprint density at radius 1 is 1.14 bits per heavy atom. The Morgan fingerprint density at radius 2 is 1.82 bits per heavy atom. The van der Waals surface area contributed by atoms with Crippen LogP contribution >= 0.6 is 0 Å². The van der Waals surface area contributed by atoms with Gasteiger partial charge in [0.1, 0.15) is 11.4 Å². The summed E-state index contributed by atoms with van der Waals surface area (Å²) in [4.78, 5) is 47.4. The number of imide groups is 1. The smallest absolute Gasteiger partial charge is 0.293 e. The van der Waals surface area contributed by atoms with Gasteiger partial charge in [-0.25, -0.2) is 4.90 Å². The minimum atomic E-state index is -0.722. The zero-order chi connectivity index (χ0) is 20.6. The van der Waals surface area contributed by atoms with Gasteiger partial charge in [-0.2, -0.15) is 0 Å². The number of fused-ring (bicyclic) bond motifs is 1. The highest BCUT2D eigenvalue weighted by molar-refractivity contribution is 6.42. The molecule has 9 heteroatoms. The zero-order valence-corrected chi connectivity index (χ0v) is 14.9. The standard InChI is InChI=1S/C19H15N3O6/c1-10(23)20-14-8-7-12(9-16(14)22(27)28)18(25)17-13-5-3-4-6-15(13)21(11(2)24)19(17)26/h3-9,25H,1-2H3,(H,20,23). The SMILES string of the molecule is CC(=O)Nc1ccc(C(O)=C2C(=O)N(C(C)=O)c3ccccc32)cc1[N+](=O)[O-]. The number of nitro benzene ring substituents is 1. The maximum Gasteiger partial charge on any atom is 0.293 e. The molecule has 142 valence electrons. The number of nitrogens with one attached hydrogen (secondary N) is 1. The Labute approximate surface area is 159 Å². The van der Waals surface area contributed by atoms with Gasteiger partial charge in [0, 0.05) is 31.0 Å². The summed E-state index contributed by atoms with van der Waals surface area (Å²) in [5.41, 5.74) is 0.0565. The van der Waals surface area contributed by atoms with Gasteiger partial charge in [0.2, 0.25) is 11.8 Å². The number of para-hydroxylation sites is 1. The van der Waals surface area contributed by atoms with Crippen LogP contribution in [0.15, 0.2) is 42.5 Å². The van der Waals surface area contributed by atoms with Gasteiger partial charge in [-0.05, 0) is 18.2 Å². The Morgan fingerprint density at radius 3 is 2.43 bits per heavy atom. The summed E-state index contributed by atoms with van der Waals surface area (Å²) in [6, 6.07) is 10.1. The van der Waals surface area contributed by atoms with Crippen LogP contribution in [-0.2, 0) is 14.4 Å². The molecule has 9 nitrogen and oxygen atoms in total. The lowest BCUT2D eigenvalue weighted by atomic mass is 10.0. The molecule has 0 radical (unpaired) electrons. The van der Waals surface area contributed by atoms with Gasteiger partial charge in [-0.1, -0.05) is 18.2 Å². The van der Waals surface area contributed by atoms with Crippen LogP contribution in [-0.4, -0.2) is 27.8 Å². The number of anilines is 2. The largest absolute Gasteiger partial charge is 0.506 e. The van der Waals surface area contributed by atoms with Crippen molar-refractivity contribution in [1.82, 2.24) is 0 Å². The summed E-state index contributed by atoms with van der Waals surface area (Å²) < 4.78 is 0. The van der Waals surface area contributed by atoms with Crippen molar-refractivity contribution in [2.75, 3.05) is 10.2 Å². The fourth-order valence-corrected chi connectivity index (χ4v) is 3.03. The van der Waals surface area contributed by atoms with Gasteiger partial charge in [-0.15, -0.1) is 0 Å². The maximum absolute atomic E-state index is 12.7. The molecule has 0 fully saturated rings. The van der Waals surface area contributed by atoms with Gasteiger partial charge in [-0.3, -0.25) is 24.5 Å². The number of aliphatic hydroxyl groups is 1. The minimum absolute atomic E-state index is 0.00403. The van der Waals surface area contributed by atoms with Crippen molar-refractivity contribution in [3.05, 3.63) is 63.7 Å². The molecule has 2 N–H and O–H groups in total. The summed E-state index contributed by atoms with van der Waals surface area (Å²) in [6.45, 7) is 2.43. The minimum Gasteiger partial charge on any atom is -0.506 e.